The number of nitrogens with one attached hydrogen (secondary N) is 1. The van der Waals surface area contributed by atoms with E-state index in [2.05, 4.69) is 4.98 Å². The van der Waals surface area contributed by atoms with E-state index in [-0.39, 0.29) is 12.4 Å². The van der Waals surface area contributed by atoms with Crippen LogP contribution < -0.4 is 5.32 Å². The van der Waals surface area contributed by atoms with Crippen molar-refractivity contribution in [1.29, 1.82) is 0 Å². The van der Waals surface area contributed by atoms with Crippen molar-refractivity contribution in [3.05, 3.63) is 48.5 Å². The van der Waals surface area contributed by atoms with Gasteiger partial charge in [0.2, 0.25) is 5.54 Å². The summed E-state index contributed by atoms with van der Waals surface area (Å²) in [5.41, 5.74) is -2.20. The van der Waals surface area contributed by atoms with Gasteiger partial charge in [0.1, 0.15) is 5.82 Å². The molecule has 24 heavy (non-hydrogen) atoms. The third kappa shape index (κ3) is 2.41. The molecule has 2 aromatic rings. The van der Waals surface area contributed by atoms with Crippen LogP contribution in [0.3, 0.4) is 0 Å². The summed E-state index contributed by atoms with van der Waals surface area (Å²) in [7, 11) is 0. The van der Waals surface area contributed by atoms with Gasteiger partial charge in [-0.15, -0.1) is 0 Å². The highest BCUT2D eigenvalue weighted by Crippen LogP contribution is 2.35. The zero-order valence-corrected chi connectivity index (χ0v) is 12.5. The molecule has 0 radical (unpaired) electrons. The molecule has 1 unspecified atom stereocenters. The molecule has 9 heteroatoms. The Labute approximate surface area is 134 Å². The van der Waals surface area contributed by atoms with E-state index < -0.39 is 23.7 Å². The number of halogens is 3. The lowest BCUT2D eigenvalue weighted by Gasteiger charge is -2.24. The van der Waals surface area contributed by atoms with Crippen molar-refractivity contribution in [1.82, 2.24) is 19.8 Å². The second-order valence-electron chi connectivity index (χ2n) is 5.49. The number of benzene rings is 1. The first-order valence-corrected chi connectivity index (χ1v) is 7.02. The van der Waals surface area contributed by atoms with Crippen molar-refractivity contribution in [2.24, 2.45) is 0 Å². The second-order valence-corrected chi connectivity index (χ2v) is 5.49. The summed E-state index contributed by atoms with van der Waals surface area (Å²) in [6, 6.07) is 7.84. The zero-order chi connectivity index (χ0) is 17.5. The number of imide groups is 1. The molecule has 1 N–H and O–H groups in total. The maximum Gasteiger partial charge on any atom is 0.420 e. The quantitative estimate of drug-likeness (QED) is 0.873. The zero-order valence-electron chi connectivity index (χ0n) is 12.5. The number of amides is 3. The highest BCUT2D eigenvalue weighted by Gasteiger charge is 2.64. The Kier molecular flexibility index (Phi) is 3.58. The number of carbonyl (C=O) groups excluding carboxylic acids is 2. The number of para-hydroxylation sites is 1. The van der Waals surface area contributed by atoms with Crippen LogP contribution in [0.25, 0.3) is 5.69 Å². The van der Waals surface area contributed by atoms with Crippen molar-refractivity contribution in [3.63, 3.8) is 0 Å². The molecular formula is C15H13F3N4O2. The molecule has 3 amide bonds. The maximum absolute atomic E-state index is 13.1. The number of hydrogen-bond donors (Lipinski definition) is 1. The number of urea groups is 1. The number of carbonyl (C=O) groups is 2. The Morgan fingerprint density at radius 2 is 1.88 bits per heavy atom. The van der Waals surface area contributed by atoms with Gasteiger partial charge in [0, 0.05) is 18.1 Å². The molecule has 6 nitrogen and oxygen atoms in total. The van der Waals surface area contributed by atoms with E-state index in [1.165, 1.54) is 6.20 Å². The molecular weight excluding hydrogens is 325 g/mol. The van der Waals surface area contributed by atoms with Gasteiger partial charge in [0.15, 0.2) is 0 Å². The monoisotopic (exact) mass is 338 g/mol. The molecule has 126 valence electrons. The summed E-state index contributed by atoms with van der Waals surface area (Å²) >= 11 is 0. The average Bonchev–Trinajstić information content (AvgIpc) is 3.07. The Hall–Kier alpha value is -2.84. The lowest BCUT2D eigenvalue weighted by Crippen LogP contribution is -2.56. The molecule has 3 rings (SSSR count). The van der Waals surface area contributed by atoms with Crippen LogP contribution in [0.1, 0.15) is 12.7 Å². The predicted molar refractivity (Wildman–Crippen MR) is 77.1 cm³/mol. The summed E-state index contributed by atoms with van der Waals surface area (Å²) in [4.78, 5) is 28.6. The Morgan fingerprint density at radius 3 is 2.46 bits per heavy atom. The summed E-state index contributed by atoms with van der Waals surface area (Å²) in [5.74, 6) is -1.07. The van der Waals surface area contributed by atoms with Gasteiger partial charge in [-0.2, -0.15) is 13.2 Å². The van der Waals surface area contributed by atoms with Gasteiger partial charge in [-0.25, -0.2) is 9.78 Å². The fourth-order valence-corrected chi connectivity index (χ4v) is 2.45. The molecule has 1 fully saturated rings. The van der Waals surface area contributed by atoms with Gasteiger partial charge < -0.3 is 9.88 Å². The van der Waals surface area contributed by atoms with Gasteiger partial charge >= 0.3 is 12.2 Å². The molecule has 1 atom stereocenters. The molecule has 0 spiro atoms. The number of hydrogen-bond acceptors (Lipinski definition) is 3. The molecule has 1 aliphatic rings. The summed E-state index contributed by atoms with van der Waals surface area (Å²) in [5, 5.41) is 1.72. The van der Waals surface area contributed by atoms with Gasteiger partial charge in [-0.1, -0.05) is 18.2 Å². The SMILES string of the molecule is CC1(C(F)(F)F)NC(=O)N(Cc2nccn2-c2ccccc2)C1=O. The van der Waals surface area contributed by atoms with E-state index in [1.54, 1.807) is 40.3 Å². The third-order valence-corrected chi connectivity index (χ3v) is 3.89. The predicted octanol–water partition coefficient (Wildman–Crippen LogP) is 2.25. The summed E-state index contributed by atoms with van der Waals surface area (Å²) in [6.45, 7) is 0.287. The number of rotatable bonds is 3. The van der Waals surface area contributed by atoms with Crippen LogP contribution in [0.15, 0.2) is 42.7 Å². The summed E-state index contributed by atoms with van der Waals surface area (Å²) in [6.07, 6.45) is -1.83. The van der Waals surface area contributed by atoms with Gasteiger partial charge in [0.05, 0.1) is 6.54 Å². The average molecular weight is 338 g/mol. The van der Waals surface area contributed by atoms with E-state index >= 15 is 0 Å². The number of nitrogens with zero attached hydrogens (tertiary/aromatic N) is 3. The number of aromatic nitrogens is 2. The first kappa shape index (κ1) is 16.0. The standard InChI is InChI=1S/C15H13F3N4O2/c1-14(15(16,17)18)12(23)22(13(24)20-14)9-11-19-7-8-21(11)10-5-3-2-4-6-10/h2-8H,9H2,1H3,(H,20,24). The molecule has 1 saturated heterocycles. The highest BCUT2D eigenvalue weighted by molar-refractivity contribution is 6.07. The molecule has 2 heterocycles. The minimum Gasteiger partial charge on any atom is -0.316 e. The molecule has 0 aliphatic carbocycles. The first-order valence-electron chi connectivity index (χ1n) is 7.02. The largest absolute Gasteiger partial charge is 0.420 e. The van der Waals surface area contributed by atoms with E-state index in [9.17, 15) is 22.8 Å². The molecule has 0 bridgehead atoms. The fraction of sp³-hybridized carbons (Fsp3) is 0.267. The van der Waals surface area contributed by atoms with Crippen molar-refractivity contribution in [2.75, 3.05) is 0 Å². The third-order valence-electron chi connectivity index (χ3n) is 3.89. The first-order chi connectivity index (χ1) is 11.2. The van der Waals surface area contributed by atoms with Gasteiger partial charge in [0.25, 0.3) is 5.91 Å². The maximum atomic E-state index is 13.1. The van der Waals surface area contributed by atoms with Crippen LogP contribution >= 0.6 is 0 Å². The van der Waals surface area contributed by atoms with Crippen LogP contribution in [0.4, 0.5) is 18.0 Å². The van der Waals surface area contributed by atoms with Crippen LogP contribution in [-0.2, 0) is 11.3 Å². The molecule has 1 aromatic heterocycles. The topological polar surface area (TPSA) is 67.2 Å². The van der Waals surface area contributed by atoms with E-state index in [1.807, 2.05) is 6.07 Å². The van der Waals surface area contributed by atoms with E-state index in [4.69, 9.17) is 0 Å². The van der Waals surface area contributed by atoms with Crippen molar-refractivity contribution in [2.45, 2.75) is 25.2 Å². The van der Waals surface area contributed by atoms with Gasteiger partial charge in [-0.05, 0) is 19.1 Å². The van der Waals surface area contributed by atoms with Crippen molar-refractivity contribution in [3.8, 4) is 5.69 Å². The fourth-order valence-electron chi connectivity index (χ4n) is 2.45. The Morgan fingerprint density at radius 1 is 1.21 bits per heavy atom. The smallest absolute Gasteiger partial charge is 0.316 e. The van der Waals surface area contributed by atoms with Crippen molar-refractivity contribution >= 4 is 11.9 Å². The lowest BCUT2D eigenvalue weighted by molar-refractivity contribution is -0.191. The number of alkyl halides is 3. The van der Waals surface area contributed by atoms with E-state index in [0.717, 1.165) is 5.69 Å². The Balaban J connectivity index is 1.90. The summed E-state index contributed by atoms with van der Waals surface area (Å²) < 4.78 is 40.8. The minimum atomic E-state index is -4.89. The molecule has 0 saturated carbocycles. The minimum absolute atomic E-state index is 0.274. The molecule has 1 aliphatic heterocycles. The van der Waals surface area contributed by atoms with Gasteiger partial charge in [-0.3, -0.25) is 9.69 Å². The normalized spacial score (nSPS) is 21.2. The van der Waals surface area contributed by atoms with Crippen LogP contribution in [0.5, 0.6) is 0 Å². The van der Waals surface area contributed by atoms with E-state index in [0.29, 0.717) is 11.8 Å². The van der Waals surface area contributed by atoms with Crippen molar-refractivity contribution < 1.29 is 22.8 Å². The van der Waals surface area contributed by atoms with Crippen LogP contribution in [-0.4, -0.2) is 38.1 Å². The number of imidazole rings is 1. The van der Waals surface area contributed by atoms with Crippen LogP contribution in [0.2, 0.25) is 0 Å². The molecule has 1 aromatic carbocycles. The van der Waals surface area contributed by atoms with Crippen LogP contribution in [0, 0.1) is 0 Å². The Bertz CT molecular complexity index is 788. The highest BCUT2D eigenvalue weighted by atomic mass is 19.4. The lowest BCUT2D eigenvalue weighted by atomic mass is 10.0. The second kappa shape index (κ2) is 5.36.